The largest absolute Gasteiger partial charge is 0.350 e. The van der Waals surface area contributed by atoms with Gasteiger partial charge < -0.3 is 5.32 Å². The second kappa shape index (κ2) is 8.24. The highest BCUT2D eigenvalue weighted by Crippen LogP contribution is 2.27. The molecule has 1 N–H and O–H groups in total. The van der Waals surface area contributed by atoms with Crippen molar-refractivity contribution in [3.63, 3.8) is 0 Å². The van der Waals surface area contributed by atoms with E-state index in [9.17, 15) is 4.79 Å². The Bertz CT molecular complexity index is 766. The van der Waals surface area contributed by atoms with Crippen molar-refractivity contribution in [2.45, 2.75) is 53.5 Å². The van der Waals surface area contributed by atoms with E-state index < -0.39 is 0 Å². The van der Waals surface area contributed by atoms with E-state index in [2.05, 4.69) is 19.2 Å². The SMILES string of the molecule is CCc1c(C(=O)NC(C)C)c(CC(C)C)nn1-c1ccc(Cl)c(Cl)c1. The maximum Gasteiger partial charge on any atom is 0.255 e. The first kappa shape index (κ1) is 19.8. The van der Waals surface area contributed by atoms with Crippen LogP contribution in [0.1, 0.15) is 56.4 Å². The van der Waals surface area contributed by atoms with Crippen LogP contribution >= 0.6 is 23.2 Å². The van der Waals surface area contributed by atoms with Gasteiger partial charge in [0.15, 0.2) is 0 Å². The normalized spacial score (nSPS) is 11.4. The predicted octanol–water partition coefficient (Wildman–Crippen LogP) is 5.08. The summed E-state index contributed by atoms with van der Waals surface area (Å²) < 4.78 is 1.81. The molecule has 0 aliphatic heterocycles. The predicted molar refractivity (Wildman–Crippen MR) is 104 cm³/mol. The number of hydrogen-bond acceptors (Lipinski definition) is 2. The number of amides is 1. The Labute approximate surface area is 159 Å². The third kappa shape index (κ3) is 4.56. The van der Waals surface area contributed by atoms with Gasteiger partial charge in [-0.3, -0.25) is 4.79 Å². The minimum Gasteiger partial charge on any atom is -0.350 e. The first-order valence-electron chi connectivity index (χ1n) is 8.61. The van der Waals surface area contributed by atoms with Crippen LogP contribution in [0.5, 0.6) is 0 Å². The van der Waals surface area contributed by atoms with E-state index in [-0.39, 0.29) is 11.9 Å². The highest BCUT2D eigenvalue weighted by atomic mass is 35.5. The number of carbonyl (C=O) groups is 1. The highest BCUT2D eigenvalue weighted by Gasteiger charge is 2.24. The maximum atomic E-state index is 12.8. The molecular formula is C19H25Cl2N3O. The van der Waals surface area contributed by atoms with E-state index >= 15 is 0 Å². The number of halogens is 2. The van der Waals surface area contributed by atoms with Gasteiger partial charge in [-0.05, 0) is 50.8 Å². The van der Waals surface area contributed by atoms with Gasteiger partial charge in [-0.25, -0.2) is 4.68 Å². The van der Waals surface area contributed by atoms with E-state index in [0.717, 1.165) is 23.5 Å². The average molecular weight is 382 g/mol. The molecular weight excluding hydrogens is 357 g/mol. The topological polar surface area (TPSA) is 46.9 Å². The number of rotatable bonds is 6. The van der Waals surface area contributed by atoms with Crippen LogP contribution in [0.25, 0.3) is 5.69 Å². The van der Waals surface area contributed by atoms with Gasteiger partial charge in [0.25, 0.3) is 5.91 Å². The van der Waals surface area contributed by atoms with Gasteiger partial charge in [0.05, 0.1) is 32.7 Å². The van der Waals surface area contributed by atoms with Crippen LogP contribution in [-0.2, 0) is 12.8 Å². The van der Waals surface area contributed by atoms with Crippen LogP contribution in [0.4, 0.5) is 0 Å². The number of nitrogens with zero attached hydrogens (tertiary/aromatic N) is 2. The fourth-order valence-electron chi connectivity index (χ4n) is 2.79. The second-order valence-corrected chi connectivity index (χ2v) is 7.67. The second-order valence-electron chi connectivity index (χ2n) is 6.86. The first-order chi connectivity index (χ1) is 11.7. The van der Waals surface area contributed by atoms with Crippen LogP contribution < -0.4 is 5.32 Å². The van der Waals surface area contributed by atoms with Crippen molar-refractivity contribution in [1.82, 2.24) is 15.1 Å². The molecule has 0 aliphatic rings. The molecule has 0 saturated heterocycles. The van der Waals surface area contributed by atoms with Crippen LogP contribution in [0.15, 0.2) is 18.2 Å². The van der Waals surface area contributed by atoms with Crippen LogP contribution in [0.2, 0.25) is 10.0 Å². The summed E-state index contributed by atoms with van der Waals surface area (Å²) in [5.74, 6) is 0.321. The Balaban J connectivity index is 2.62. The van der Waals surface area contributed by atoms with Gasteiger partial charge in [-0.2, -0.15) is 5.10 Å². The fraction of sp³-hybridized carbons (Fsp3) is 0.474. The number of aromatic nitrogens is 2. The van der Waals surface area contributed by atoms with Crippen molar-refractivity contribution in [1.29, 1.82) is 0 Å². The molecule has 25 heavy (non-hydrogen) atoms. The minimum absolute atomic E-state index is 0.0671. The van der Waals surface area contributed by atoms with Crippen LogP contribution in [0.3, 0.4) is 0 Å². The summed E-state index contributed by atoms with van der Waals surface area (Å²) in [6.07, 6.45) is 1.42. The van der Waals surface area contributed by atoms with Gasteiger partial charge in [-0.1, -0.05) is 44.0 Å². The molecule has 1 heterocycles. The summed E-state index contributed by atoms with van der Waals surface area (Å²) in [5.41, 5.74) is 3.18. The molecule has 0 atom stereocenters. The van der Waals surface area contributed by atoms with Gasteiger partial charge in [-0.15, -0.1) is 0 Å². The lowest BCUT2D eigenvalue weighted by atomic mass is 10.0. The van der Waals surface area contributed by atoms with Crippen molar-refractivity contribution in [2.75, 3.05) is 0 Å². The van der Waals surface area contributed by atoms with Crippen LogP contribution in [0, 0.1) is 5.92 Å². The molecule has 0 spiro atoms. The van der Waals surface area contributed by atoms with Gasteiger partial charge in [0.2, 0.25) is 0 Å². The number of hydrogen-bond donors (Lipinski definition) is 1. The lowest BCUT2D eigenvalue weighted by molar-refractivity contribution is 0.0941. The van der Waals surface area contributed by atoms with Gasteiger partial charge >= 0.3 is 0 Å². The molecule has 1 amide bonds. The van der Waals surface area contributed by atoms with E-state index in [4.69, 9.17) is 28.3 Å². The Morgan fingerprint density at radius 3 is 2.40 bits per heavy atom. The Hall–Kier alpha value is -1.52. The smallest absolute Gasteiger partial charge is 0.255 e. The molecule has 0 bridgehead atoms. The number of carbonyl (C=O) groups excluding carboxylic acids is 1. The average Bonchev–Trinajstić information content (AvgIpc) is 2.86. The molecule has 2 aromatic rings. The highest BCUT2D eigenvalue weighted by molar-refractivity contribution is 6.42. The maximum absolute atomic E-state index is 12.8. The molecule has 0 unspecified atom stereocenters. The van der Waals surface area contributed by atoms with Crippen LogP contribution in [-0.4, -0.2) is 21.7 Å². The lowest BCUT2D eigenvalue weighted by Gasteiger charge is -2.11. The quantitative estimate of drug-likeness (QED) is 0.758. The van der Waals surface area contributed by atoms with Crippen molar-refractivity contribution in [3.05, 3.63) is 45.2 Å². The third-order valence-corrected chi connectivity index (χ3v) is 4.52. The summed E-state index contributed by atoms with van der Waals surface area (Å²) in [6.45, 7) is 10.2. The monoisotopic (exact) mass is 381 g/mol. The Kier molecular flexibility index (Phi) is 6.53. The molecule has 136 valence electrons. The number of nitrogens with one attached hydrogen (secondary N) is 1. The minimum atomic E-state index is -0.0752. The van der Waals surface area contributed by atoms with Crippen molar-refractivity contribution in [2.24, 2.45) is 5.92 Å². The first-order valence-corrected chi connectivity index (χ1v) is 9.37. The molecule has 4 nitrogen and oxygen atoms in total. The van der Waals surface area contributed by atoms with Crippen molar-refractivity contribution >= 4 is 29.1 Å². The van der Waals surface area contributed by atoms with Gasteiger partial charge in [0, 0.05) is 6.04 Å². The summed E-state index contributed by atoms with van der Waals surface area (Å²) in [7, 11) is 0. The Morgan fingerprint density at radius 1 is 1.20 bits per heavy atom. The molecule has 0 saturated carbocycles. The summed E-state index contributed by atoms with van der Waals surface area (Å²) in [6, 6.07) is 5.46. The molecule has 2 rings (SSSR count). The molecule has 6 heteroatoms. The molecule has 0 fully saturated rings. The zero-order chi connectivity index (χ0) is 18.7. The third-order valence-electron chi connectivity index (χ3n) is 3.78. The molecule has 1 aromatic heterocycles. The summed E-state index contributed by atoms with van der Waals surface area (Å²) in [4.78, 5) is 12.8. The zero-order valence-electron chi connectivity index (χ0n) is 15.4. The zero-order valence-corrected chi connectivity index (χ0v) is 16.9. The summed E-state index contributed by atoms with van der Waals surface area (Å²) >= 11 is 12.2. The molecule has 0 radical (unpaired) electrons. The van der Waals surface area contributed by atoms with E-state index in [1.54, 1.807) is 12.1 Å². The molecule has 0 aliphatic carbocycles. The van der Waals surface area contributed by atoms with E-state index in [0.29, 0.717) is 27.9 Å². The summed E-state index contributed by atoms with van der Waals surface area (Å²) in [5, 5.41) is 8.70. The molecule has 1 aromatic carbocycles. The standard InChI is InChI=1S/C19H25Cl2N3O/c1-6-17-18(19(25)22-12(4)5)16(9-11(2)3)23-24(17)13-7-8-14(20)15(21)10-13/h7-8,10-12H,6,9H2,1-5H3,(H,22,25). The van der Waals surface area contributed by atoms with Crippen molar-refractivity contribution in [3.8, 4) is 5.69 Å². The van der Waals surface area contributed by atoms with E-state index in [1.165, 1.54) is 0 Å². The van der Waals surface area contributed by atoms with Crippen molar-refractivity contribution < 1.29 is 4.79 Å². The van der Waals surface area contributed by atoms with E-state index in [1.807, 2.05) is 31.5 Å². The Morgan fingerprint density at radius 2 is 1.88 bits per heavy atom. The fourth-order valence-corrected chi connectivity index (χ4v) is 3.08. The lowest BCUT2D eigenvalue weighted by Crippen LogP contribution is -2.31. The van der Waals surface area contributed by atoms with Gasteiger partial charge in [0.1, 0.15) is 0 Å². The number of benzene rings is 1.